The minimum absolute atomic E-state index is 0.0696. The van der Waals surface area contributed by atoms with Crippen LogP contribution in [-0.2, 0) is 27.0 Å². The first-order valence-corrected chi connectivity index (χ1v) is 6.64. The average Bonchev–Trinajstić information content (AvgIpc) is 2.48. The van der Waals surface area contributed by atoms with E-state index in [1.165, 1.54) is 0 Å². The zero-order valence-electron chi connectivity index (χ0n) is 11.9. The van der Waals surface area contributed by atoms with E-state index in [9.17, 15) is 27.6 Å². The van der Waals surface area contributed by atoms with Gasteiger partial charge in [-0.15, -0.1) is 0 Å². The van der Waals surface area contributed by atoms with Gasteiger partial charge in [0.2, 0.25) is 11.8 Å². The number of amides is 2. The Kier molecular flexibility index (Phi) is 4.73. The summed E-state index contributed by atoms with van der Waals surface area (Å²) in [5.74, 6) is -1.46. The predicted molar refractivity (Wildman–Crippen MR) is 71.2 cm³/mol. The molecule has 0 aromatic carbocycles. The van der Waals surface area contributed by atoms with Crippen LogP contribution in [0.1, 0.15) is 5.56 Å². The lowest BCUT2D eigenvalue weighted by atomic mass is 10.2. The number of aromatic nitrogens is 1. The third-order valence-electron chi connectivity index (χ3n) is 3.39. The number of pyridine rings is 1. The maximum absolute atomic E-state index is 12.7. The largest absolute Gasteiger partial charge is 0.417 e. The van der Waals surface area contributed by atoms with E-state index >= 15 is 0 Å². The van der Waals surface area contributed by atoms with E-state index in [-0.39, 0.29) is 19.8 Å². The van der Waals surface area contributed by atoms with Crippen LogP contribution in [0.3, 0.4) is 0 Å². The van der Waals surface area contributed by atoms with E-state index in [0.29, 0.717) is 16.8 Å². The second kappa shape index (κ2) is 6.41. The van der Waals surface area contributed by atoms with Gasteiger partial charge in [-0.2, -0.15) is 13.2 Å². The summed E-state index contributed by atoms with van der Waals surface area (Å²) in [6, 6.07) is 0.378. The Morgan fingerprint density at radius 2 is 2.04 bits per heavy atom. The normalized spacial score (nSPS) is 18.7. The number of nitrogens with zero attached hydrogens (tertiary/aromatic N) is 2. The number of carbonyl (C=O) groups excluding carboxylic acids is 2. The Morgan fingerprint density at radius 1 is 1.35 bits per heavy atom. The van der Waals surface area contributed by atoms with Crippen LogP contribution in [0.2, 0.25) is 0 Å². The fourth-order valence-electron chi connectivity index (χ4n) is 2.20. The van der Waals surface area contributed by atoms with Gasteiger partial charge in [-0.05, 0) is 6.07 Å². The van der Waals surface area contributed by atoms with Gasteiger partial charge < -0.3 is 19.9 Å². The van der Waals surface area contributed by atoms with E-state index in [0.717, 1.165) is 11.0 Å². The second-order valence-corrected chi connectivity index (χ2v) is 4.96. The molecule has 0 saturated carbocycles. The zero-order valence-corrected chi connectivity index (χ0v) is 11.9. The lowest BCUT2D eigenvalue weighted by Gasteiger charge is -2.33. The van der Waals surface area contributed by atoms with Crippen molar-refractivity contribution in [1.82, 2.24) is 9.47 Å². The van der Waals surface area contributed by atoms with Crippen molar-refractivity contribution in [2.75, 3.05) is 19.8 Å². The molecule has 2 N–H and O–H groups in total. The molecule has 1 saturated heterocycles. The van der Waals surface area contributed by atoms with E-state index in [1.807, 2.05) is 0 Å². The number of ether oxygens (including phenoxy) is 1. The van der Waals surface area contributed by atoms with Crippen LogP contribution in [0.15, 0.2) is 23.1 Å². The Labute approximate surface area is 128 Å². The zero-order chi connectivity index (χ0) is 17.2. The van der Waals surface area contributed by atoms with Gasteiger partial charge in [-0.25, -0.2) is 0 Å². The maximum Gasteiger partial charge on any atom is 0.417 e. The average molecular weight is 333 g/mol. The Bertz CT molecular complexity index is 671. The number of hydrogen-bond acceptors (Lipinski definition) is 4. The summed E-state index contributed by atoms with van der Waals surface area (Å²) < 4.78 is 43.7. The molecular weight excluding hydrogens is 319 g/mol. The van der Waals surface area contributed by atoms with Crippen molar-refractivity contribution in [2.45, 2.75) is 18.8 Å². The molecule has 126 valence electrons. The molecule has 2 amide bonds. The van der Waals surface area contributed by atoms with Crippen LogP contribution < -0.4 is 11.3 Å². The van der Waals surface area contributed by atoms with Crippen LogP contribution in [0.5, 0.6) is 0 Å². The van der Waals surface area contributed by atoms with Gasteiger partial charge in [0.05, 0.1) is 18.8 Å². The monoisotopic (exact) mass is 333 g/mol. The molecule has 0 bridgehead atoms. The Balaban J connectivity index is 2.22. The van der Waals surface area contributed by atoms with Crippen LogP contribution in [0.4, 0.5) is 13.2 Å². The molecule has 0 aliphatic carbocycles. The summed E-state index contributed by atoms with van der Waals surface area (Å²) in [5, 5.41) is 0. The number of carbonyl (C=O) groups is 2. The summed E-state index contributed by atoms with van der Waals surface area (Å²) in [4.78, 5) is 36.3. The Hall–Kier alpha value is -2.36. The molecule has 23 heavy (non-hydrogen) atoms. The number of morpholine rings is 1. The highest BCUT2D eigenvalue weighted by Crippen LogP contribution is 2.28. The molecule has 0 radical (unpaired) electrons. The molecule has 1 atom stereocenters. The molecule has 0 spiro atoms. The van der Waals surface area contributed by atoms with Crippen molar-refractivity contribution in [3.05, 3.63) is 34.2 Å². The molecule has 1 fully saturated rings. The van der Waals surface area contributed by atoms with Gasteiger partial charge in [0, 0.05) is 18.8 Å². The predicted octanol–water partition coefficient (Wildman–Crippen LogP) is -0.420. The molecule has 1 aliphatic heterocycles. The van der Waals surface area contributed by atoms with Crippen LogP contribution in [0.25, 0.3) is 0 Å². The summed E-state index contributed by atoms with van der Waals surface area (Å²) in [5.41, 5.74) is 3.37. The molecule has 0 unspecified atom stereocenters. The molecule has 7 nitrogen and oxygen atoms in total. The van der Waals surface area contributed by atoms with Crippen LogP contribution in [0, 0.1) is 0 Å². The number of rotatable bonds is 3. The number of halogens is 3. The van der Waals surface area contributed by atoms with Crippen molar-refractivity contribution in [3.8, 4) is 0 Å². The van der Waals surface area contributed by atoms with Gasteiger partial charge in [0.1, 0.15) is 12.6 Å². The van der Waals surface area contributed by atoms with Gasteiger partial charge in [0.25, 0.3) is 5.56 Å². The highest BCUT2D eigenvalue weighted by Gasteiger charge is 2.33. The van der Waals surface area contributed by atoms with Crippen LogP contribution in [-0.4, -0.2) is 47.1 Å². The SMILES string of the molecule is NC(=O)[C@@H]1COCCN1C(=O)Cn1cc(C(F)(F)F)ccc1=O. The topological polar surface area (TPSA) is 94.6 Å². The fraction of sp³-hybridized carbons (Fsp3) is 0.462. The maximum atomic E-state index is 12.7. The molecule has 1 aromatic heterocycles. The highest BCUT2D eigenvalue weighted by molar-refractivity contribution is 5.86. The molecule has 10 heteroatoms. The van der Waals surface area contributed by atoms with Gasteiger partial charge in [-0.3, -0.25) is 14.4 Å². The van der Waals surface area contributed by atoms with E-state index in [1.54, 1.807) is 0 Å². The first kappa shape index (κ1) is 17.0. The third-order valence-corrected chi connectivity index (χ3v) is 3.39. The number of hydrogen-bond donors (Lipinski definition) is 1. The molecular formula is C13H14F3N3O4. The third kappa shape index (κ3) is 3.89. The molecule has 2 rings (SSSR count). The van der Waals surface area contributed by atoms with Gasteiger partial charge >= 0.3 is 6.18 Å². The first-order valence-electron chi connectivity index (χ1n) is 6.64. The van der Waals surface area contributed by atoms with Gasteiger partial charge in [-0.1, -0.05) is 0 Å². The van der Waals surface area contributed by atoms with Crippen molar-refractivity contribution < 1.29 is 27.5 Å². The van der Waals surface area contributed by atoms with Crippen molar-refractivity contribution in [3.63, 3.8) is 0 Å². The first-order chi connectivity index (χ1) is 10.7. The van der Waals surface area contributed by atoms with E-state index in [2.05, 4.69) is 0 Å². The smallest absolute Gasteiger partial charge is 0.377 e. The molecule has 2 heterocycles. The lowest BCUT2D eigenvalue weighted by Crippen LogP contribution is -2.55. The van der Waals surface area contributed by atoms with Crippen molar-refractivity contribution >= 4 is 11.8 Å². The highest BCUT2D eigenvalue weighted by atomic mass is 19.4. The van der Waals surface area contributed by atoms with E-state index in [4.69, 9.17) is 10.5 Å². The van der Waals surface area contributed by atoms with E-state index < -0.39 is 41.7 Å². The number of nitrogens with two attached hydrogens (primary N) is 1. The van der Waals surface area contributed by atoms with Crippen LogP contribution >= 0.6 is 0 Å². The summed E-state index contributed by atoms with van der Waals surface area (Å²) in [6.07, 6.45) is -4.06. The summed E-state index contributed by atoms with van der Waals surface area (Å²) in [7, 11) is 0. The minimum atomic E-state index is -4.63. The molecule has 1 aliphatic rings. The van der Waals surface area contributed by atoms with Crippen molar-refractivity contribution in [1.29, 1.82) is 0 Å². The van der Waals surface area contributed by atoms with Gasteiger partial charge in [0.15, 0.2) is 0 Å². The summed E-state index contributed by atoms with van der Waals surface area (Å²) in [6.45, 7) is -0.460. The quantitative estimate of drug-likeness (QED) is 0.813. The number of primary amides is 1. The molecule has 1 aromatic rings. The lowest BCUT2D eigenvalue weighted by molar-refractivity contribution is -0.147. The second-order valence-electron chi connectivity index (χ2n) is 4.96. The summed E-state index contributed by atoms with van der Waals surface area (Å²) >= 11 is 0. The minimum Gasteiger partial charge on any atom is -0.377 e. The van der Waals surface area contributed by atoms with Crippen molar-refractivity contribution in [2.24, 2.45) is 5.73 Å². The standard InChI is InChI=1S/C13H14F3N3O4/c14-13(15,16)8-1-2-10(20)18(5-8)6-11(21)19-3-4-23-7-9(19)12(17)22/h1-2,5,9H,3-4,6-7H2,(H2,17,22)/t9-/m0/s1. The Morgan fingerprint density at radius 3 is 2.65 bits per heavy atom. The fourth-order valence-corrected chi connectivity index (χ4v) is 2.20. The number of alkyl halides is 3.